The summed E-state index contributed by atoms with van der Waals surface area (Å²) in [6, 6.07) is 0.244. The van der Waals surface area contributed by atoms with Gasteiger partial charge in [-0.15, -0.1) is 0 Å². The smallest absolute Gasteiger partial charge is 0.224 e. The molecule has 0 aliphatic carbocycles. The fraction of sp³-hybridized carbons (Fsp3) is 0.583. The van der Waals surface area contributed by atoms with Crippen molar-refractivity contribution >= 4 is 22.9 Å². The molecule has 20 heavy (non-hydrogen) atoms. The average molecular weight is 277 g/mol. The number of hydrogen-bond acceptors (Lipinski definition) is 7. The number of hydrogen-bond donors (Lipinski definition) is 3. The summed E-state index contributed by atoms with van der Waals surface area (Å²) in [6.45, 7) is 6.60. The van der Waals surface area contributed by atoms with E-state index in [9.17, 15) is 0 Å². The Kier molecular flexibility index (Phi) is 3.66. The number of morpholine rings is 1. The second-order valence-electron chi connectivity index (χ2n) is 4.99. The molecule has 8 heteroatoms. The largest absolute Gasteiger partial charge is 0.379 e. The second-order valence-corrected chi connectivity index (χ2v) is 4.99. The van der Waals surface area contributed by atoms with Crippen LogP contribution in [0.25, 0.3) is 11.2 Å². The molecule has 8 nitrogen and oxygen atoms in total. The molecule has 2 aromatic rings. The van der Waals surface area contributed by atoms with E-state index in [1.165, 1.54) is 0 Å². The number of nitrogens with one attached hydrogen (secondary N) is 2. The van der Waals surface area contributed by atoms with E-state index in [0.29, 0.717) is 11.5 Å². The van der Waals surface area contributed by atoms with Gasteiger partial charge in [-0.05, 0) is 6.92 Å². The summed E-state index contributed by atoms with van der Waals surface area (Å²) in [4.78, 5) is 17.8. The molecule has 4 N–H and O–H groups in total. The standard InChI is InChI=1S/C12H19N7O/c1-8(6-19-2-4-20-5-3-19)16-11-9-10(15-7-14-9)17-12(13)18-11/h7-8H,2-6H2,1H3,(H4,13,14,15,16,17,18). The van der Waals surface area contributed by atoms with Crippen LogP contribution in [0.5, 0.6) is 0 Å². The van der Waals surface area contributed by atoms with Crippen LogP contribution < -0.4 is 11.1 Å². The molecule has 0 saturated carbocycles. The highest BCUT2D eigenvalue weighted by Gasteiger charge is 2.16. The number of fused-ring (bicyclic) bond motifs is 1. The van der Waals surface area contributed by atoms with Crippen molar-refractivity contribution in [2.45, 2.75) is 13.0 Å². The Bertz CT molecular complexity index is 578. The predicted octanol–water partition coefficient (Wildman–Crippen LogP) is 0.0677. The number of imidazole rings is 1. The van der Waals surface area contributed by atoms with E-state index in [2.05, 4.69) is 37.1 Å². The lowest BCUT2D eigenvalue weighted by molar-refractivity contribution is 0.0368. The molecule has 1 saturated heterocycles. The molecular weight excluding hydrogens is 258 g/mol. The molecule has 2 aromatic heterocycles. The minimum Gasteiger partial charge on any atom is -0.379 e. The topological polar surface area (TPSA) is 105 Å². The van der Waals surface area contributed by atoms with Crippen LogP contribution in [0, 0.1) is 0 Å². The number of aromatic amines is 1. The Morgan fingerprint density at radius 3 is 3.05 bits per heavy atom. The fourth-order valence-electron chi connectivity index (χ4n) is 2.40. The van der Waals surface area contributed by atoms with Crippen molar-refractivity contribution in [3.05, 3.63) is 6.33 Å². The van der Waals surface area contributed by atoms with Gasteiger partial charge in [0.05, 0.1) is 19.5 Å². The minimum atomic E-state index is 0.227. The van der Waals surface area contributed by atoms with E-state index >= 15 is 0 Å². The number of anilines is 2. The average Bonchev–Trinajstić information content (AvgIpc) is 2.88. The molecule has 3 rings (SSSR count). The Morgan fingerprint density at radius 1 is 1.45 bits per heavy atom. The summed E-state index contributed by atoms with van der Waals surface area (Å²) in [5.41, 5.74) is 7.07. The van der Waals surface area contributed by atoms with Crippen LogP contribution in [0.15, 0.2) is 6.33 Å². The Hall–Kier alpha value is -1.93. The van der Waals surface area contributed by atoms with Gasteiger partial charge >= 0.3 is 0 Å². The maximum absolute atomic E-state index is 5.70. The fourth-order valence-corrected chi connectivity index (χ4v) is 2.40. The lowest BCUT2D eigenvalue weighted by Crippen LogP contribution is -2.42. The maximum Gasteiger partial charge on any atom is 0.224 e. The Morgan fingerprint density at radius 2 is 2.25 bits per heavy atom. The number of aromatic nitrogens is 4. The lowest BCUT2D eigenvalue weighted by Gasteiger charge is -2.29. The molecule has 0 amide bonds. The zero-order valence-electron chi connectivity index (χ0n) is 11.5. The summed E-state index contributed by atoms with van der Waals surface area (Å²) >= 11 is 0. The third kappa shape index (κ3) is 2.81. The number of ether oxygens (including phenoxy) is 1. The van der Waals surface area contributed by atoms with Crippen LogP contribution in [0.3, 0.4) is 0 Å². The van der Waals surface area contributed by atoms with E-state index in [-0.39, 0.29) is 12.0 Å². The van der Waals surface area contributed by atoms with Crippen LogP contribution >= 0.6 is 0 Å². The normalized spacial score (nSPS) is 18.2. The number of nitrogens with two attached hydrogens (primary N) is 1. The summed E-state index contributed by atoms with van der Waals surface area (Å²) in [5.74, 6) is 0.927. The molecule has 1 aliphatic rings. The van der Waals surface area contributed by atoms with Gasteiger partial charge < -0.3 is 20.8 Å². The van der Waals surface area contributed by atoms with Crippen molar-refractivity contribution in [2.75, 3.05) is 43.9 Å². The number of rotatable bonds is 4. The molecule has 1 atom stereocenters. The van der Waals surface area contributed by atoms with Gasteiger partial charge in [-0.1, -0.05) is 0 Å². The molecule has 0 aromatic carbocycles. The highest BCUT2D eigenvalue weighted by atomic mass is 16.5. The molecule has 0 spiro atoms. The van der Waals surface area contributed by atoms with Crippen molar-refractivity contribution < 1.29 is 4.74 Å². The summed E-state index contributed by atoms with van der Waals surface area (Å²) < 4.78 is 5.35. The van der Waals surface area contributed by atoms with Gasteiger partial charge in [0.2, 0.25) is 5.95 Å². The van der Waals surface area contributed by atoms with Crippen molar-refractivity contribution in [2.24, 2.45) is 0 Å². The molecule has 1 unspecified atom stereocenters. The minimum absolute atomic E-state index is 0.227. The zero-order valence-corrected chi connectivity index (χ0v) is 11.5. The molecule has 0 radical (unpaired) electrons. The third-order valence-electron chi connectivity index (χ3n) is 3.32. The van der Waals surface area contributed by atoms with Gasteiger partial charge in [-0.2, -0.15) is 9.97 Å². The van der Waals surface area contributed by atoms with Gasteiger partial charge in [0, 0.05) is 25.7 Å². The highest BCUT2D eigenvalue weighted by molar-refractivity contribution is 5.83. The Balaban J connectivity index is 1.70. The number of nitrogens with zero attached hydrogens (tertiary/aromatic N) is 4. The molecule has 0 bridgehead atoms. The van der Waals surface area contributed by atoms with E-state index < -0.39 is 0 Å². The first kappa shape index (κ1) is 13.1. The maximum atomic E-state index is 5.70. The van der Waals surface area contributed by atoms with E-state index in [1.807, 2.05) is 0 Å². The van der Waals surface area contributed by atoms with Gasteiger partial charge in [-0.3, -0.25) is 4.90 Å². The lowest BCUT2D eigenvalue weighted by atomic mass is 10.3. The first-order valence-electron chi connectivity index (χ1n) is 6.75. The van der Waals surface area contributed by atoms with Gasteiger partial charge in [0.1, 0.15) is 5.52 Å². The van der Waals surface area contributed by atoms with Crippen molar-refractivity contribution in [3.63, 3.8) is 0 Å². The zero-order chi connectivity index (χ0) is 13.9. The number of nitrogen functional groups attached to an aromatic ring is 1. The molecule has 1 fully saturated rings. The summed E-state index contributed by atoms with van der Waals surface area (Å²) in [7, 11) is 0. The summed E-state index contributed by atoms with van der Waals surface area (Å²) in [6.07, 6.45) is 1.59. The first-order chi connectivity index (χ1) is 9.72. The van der Waals surface area contributed by atoms with Crippen molar-refractivity contribution in [1.29, 1.82) is 0 Å². The third-order valence-corrected chi connectivity index (χ3v) is 3.32. The van der Waals surface area contributed by atoms with Crippen molar-refractivity contribution in [1.82, 2.24) is 24.8 Å². The van der Waals surface area contributed by atoms with Crippen molar-refractivity contribution in [3.8, 4) is 0 Å². The second kappa shape index (κ2) is 5.59. The van der Waals surface area contributed by atoms with Crippen LogP contribution in [0.4, 0.5) is 11.8 Å². The van der Waals surface area contributed by atoms with Crippen LogP contribution in [0.2, 0.25) is 0 Å². The Labute approximate surface area is 116 Å². The first-order valence-corrected chi connectivity index (χ1v) is 6.75. The molecular formula is C12H19N7O. The highest BCUT2D eigenvalue weighted by Crippen LogP contribution is 2.18. The van der Waals surface area contributed by atoms with E-state index in [0.717, 1.165) is 38.4 Å². The van der Waals surface area contributed by atoms with E-state index in [4.69, 9.17) is 10.5 Å². The monoisotopic (exact) mass is 277 g/mol. The predicted molar refractivity (Wildman–Crippen MR) is 76.4 cm³/mol. The van der Waals surface area contributed by atoms with Crippen LogP contribution in [-0.4, -0.2) is 63.7 Å². The quantitative estimate of drug-likeness (QED) is 0.726. The molecule has 3 heterocycles. The van der Waals surface area contributed by atoms with Gasteiger partial charge in [0.25, 0.3) is 0 Å². The van der Waals surface area contributed by atoms with Gasteiger partial charge in [-0.25, -0.2) is 4.98 Å². The number of H-pyrrole nitrogens is 1. The van der Waals surface area contributed by atoms with Crippen LogP contribution in [0.1, 0.15) is 6.92 Å². The van der Waals surface area contributed by atoms with Crippen LogP contribution in [-0.2, 0) is 4.74 Å². The molecule has 1 aliphatic heterocycles. The van der Waals surface area contributed by atoms with E-state index in [1.54, 1.807) is 6.33 Å². The molecule has 108 valence electrons. The SMILES string of the molecule is CC(CN1CCOCC1)Nc1nc(N)nc2nc[nH]c12. The summed E-state index contributed by atoms with van der Waals surface area (Å²) in [5, 5.41) is 3.37. The van der Waals surface area contributed by atoms with Gasteiger partial charge in [0.15, 0.2) is 11.5 Å².